The first-order valence-electron chi connectivity index (χ1n) is 17.5. The van der Waals surface area contributed by atoms with E-state index in [1.165, 1.54) is 55.4 Å². The summed E-state index contributed by atoms with van der Waals surface area (Å²) in [6.07, 6.45) is 20.4. The Morgan fingerprint density at radius 2 is 1.08 bits per heavy atom. The van der Waals surface area contributed by atoms with Crippen LogP contribution in [0.4, 0.5) is 5.69 Å². The molecule has 10 rings (SSSR count). The Labute approximate surface area is 292 Å². The average Bonchev–Trinajstić information content (AvgIpc) is 3.46. The van der Waals surface area contributed by atoms with Crippen molar-refractivity contribution in [2.24, 2.45) is 0 Å². The summed E-state index contributed by atoms with van der Waals surface area (Å²) < 4.78 is 2.38. The van der Waals surface area contributed by atoms with Crippen LogP contribution in [0.5, 0.6) is 0 Å². The monoisotopic (exact) mass is 641 g/mol. The lowest BCUT2D eigenvalue weighted by Gasteiger charge is -2.41. The number of allylic oxidation sites excluding steroid dienone is 4. The minimum atomic E-state index is 0.150. The zero-order valence-corrected chi connectivity index (χ0v) is 27.5. The van der Waals surface area contributed by atoms with Crippen molar-refractivity contribution in [2.75, 3.05) is 4.90 Å². The third-order valence-electron chi connectivity index (χ3n) is 10.8. The van der Waals surface area contributed by atoms with Crippen molar-refractivity contribution in [1.82, 2.24) is 9.55 Å². The molecule has 0 radical (unpaired) electrons. The lowest BCUT2D eigenvalue weighted by Crippen LogP contribution is -2.45. The smallest absolute Gasteiger partial charge is 0.0722 e. The molecule has 2 aromatic heterocycles. The Kier molecular flexibility index (Phi) is 6.76. The van der Waals surface area contributed by atoms with E-state index in [1.807, 2.05) is 6.20 Å². The van der Waals surface area contributed by atoms with Crippen LogP contribution in [0.1, 0.15) is 23.0 Å². The molecule has 3 heteroatoms. The summed E-state index contributed by atoms with van der Waals surface area (Å²) >= 11 is 0. The van der Waals surface area contributed by atoms with Crippen molar-refractivity contribution in [2.45, 2.75) is 23.9 Å². The second-order valence-corrected chi connectivity index (χ2v) is 13.5. The molecule has 4 unspecified atom stereocenters. The molecule has 4 atom stereocenters. The minimum absolute atomic E-state index is 0.150. The fourth-order valence-electron chi connectivity index (χ4n) is 8.54. The third kappa shape index (κ3) is 4.62. The first-order chi connectivity index (χ1) is 24.8. The summed E-state index contributed by atoms with van der Waals surface area (Å²) in [6, 6.07) is 48.9. The van der Waals surface area contributed by atoms with Gasteiger partial charge in [0, 0.05) is 45.7 Å². The first kappa shape index (κ1) is 28.8. The number of benzene rings is 5. The number of hydrogen-bond acceptors (Lipinski definition) is 2. The van der Waals surface area contributed by atoms with Gasteiger partial charge in [0.05, 0.1) is 28.8 Å². The molecule has 3 aliphatic rings. The van der Waals surface area contributed by atoms with E-state index >= 15 is 0 Å². The Bertz CT molecular complexity index is 2520. The van der Waals surface area contributed by atoms with Crippen LogP contribution in [0.15, 0.2) is 188 Å². The first-order valence-corrected chi connectivity index (χ1v) is 17.5. The Morgan fingerprint density at radius 3 is 1.88 bits per heavy atom. The quantitative estimate of drug-likeness (QED) is 0.191. The molecule has 3 heterocycles. The maximum absolute atomic E-state index is 4.79. The number of rotatable bonds is 4. The maximum atomic E-state index is 4.79. The topological polar surface area (TPSA) is 21.1 Å². The summed E-state index contributed by atoms with van der Waals surface area (Å²) in [6.45, 7) is 0. The standard InChI is InChI=1S/C47H35N3/c1-3-13-32(14-4-1)43-31-36(27-28-48-43)50-44-20-10-7-17-38(44)37-25-23-33(29-41(37)39-18-8-11-21-45(39)50)34-24-26-47-42(30-34)40-19-9-12-22-46(40)49(47)35-15-5-2-6-16-35/h1-31,38-39,44-45H. The molecule has 0 amide bonds. The van der Waals surface area contributed by atoms with Crippen LogP contribution in [0, 0.1) is 0 Å². The van der Waals surface area contributed by atoms with Gasteiger partial charge in [-0.05, 0) is 64.7 Å². The largest absolute Gasteiger partial charge is 0.357 e. The van der Waals surface area contributed by atoms with Crippen molar-refractivity contribution in [3.05, 3.63) is 199 Å². The van der Waals surface area contributed by atoms with E-state index in [0.29, 0.717) is 0 Å². The van der Waals surface area contributed by atoms with E-state index in [9.17, 15) is 0 Å². The van der Waals surface area contributed by atoms with Crippen LogP contribution in [-0.2, 0) is 0 Å². The third-order valence-corrected chi connectivity index (χ3v) is 10.8. The molecule has 238 valence electrons. The zero-order valence-electron chi connectivity index (χ0n) is 27.5. The second-order valence-electron chi connectivity index (χ2n) is 13.5. The van der Waals surface area contributed by atoms with Crippen LogP contribution >= 0.6 is 0 Å². The van der Waals surface area contributed by atoms with Gasteiger partial charge in [0.25, 0.3) is 0 Å². The number of anilines is 1. The molecule has 0 N–H and O–H groups in total. The van der Waals surface area contributed by atoms with Gasteiger partial charge in [-0.15, -0.1) is 0 Å². The Balaban J connectivity index is 1.11. The molecule has 1 aliphatic heterocycles. The van der Waals surface area contributed by atoms with E-state index in [1.54, 1.807) is 0 Å². The predicted octanol–water partition coefficient (Wildman–Crippen LogP) is 11.2. The molecule has 0 saturated carbocycles. The van der Waals surface area contributed by atoms with Gasteiger partial charge < -0.3 is 9.47 Å². The van der Waals surface area contributed by atoms with E-state index in [2.05, 4.69) is 192 Å². The van der Waals surface area contributed by atoms with Crippen molar-refractivity contribution in [3.8, 4) is 28.1 Å². The van der Waals surface area contributed by atoms with Crippen molar-refractivity contribution in [3.63, 3.8) is 0 Å². The molecule has 3 nitrogen and oxygen atoms in total. The molecule has 0 spiro atoms. The van der Waals surface area contributed by atoms with Gasteiger partial charge in [-0.3, -0.25) is 4.98 Å². The average molecular weight is 642 g/mol. The van der Waals surface area contributed by atoms with Crippen LogP contribution in [0.25, 0.3) is 49.9 Å². The number of fused-ring (bicyclic) bond motifs is 8. The molecule has 7 aromatic rings. The van der Waals surface area contributed by atoms with Crippen molar-refractivity contribution in [1.29, 1.82) is 0 Å². The van der Waals surface area contributed by atoms with Crippen molar-refractivity contribution < 1.29 is 0 Å². The SMILES string of the molecule is C1=CC2c3ccc(-c4ccc5c(c4)c4ccccc4n5-c4ccccc4)cc3C3C=CC=CC3N(c3ccnc(-c4ccccc4)c3)C2C=C1. The minimum Gasteiger partial charge on any atom is -0.357 e. The number of nitrogens with zero attached hydrogens (tertiary/aromatic N) is 3. The lowest BCUT2D eigenvalue weighted by molar-refractivity contribution is 0.573. The summed E-state index contributed by atoms with van der Waals surface area (Å²) in [4.78, 5) is 7.42. The molecule has 0 saturated heterocycles. The van der Waals surface area contributed by atoms with Gasteiger partial charge in [0.2, 0.25) is 0 Å². The highest BCUT2D eigenvalue weighted by molar-refractivity contribution is 6.10. The molecule has 50 heavy (non-hydrogen) atoms. The Morgan fingerprint density at radius 1 is 0.440 bits per heavy atom. The molecular formula is C47H35N3. The highest BCUT2D eigenvalue weighted by atomic mass is 15.2. The molecule has 5 aromatic carbocycles. The molecule has 0 bridgehead atoms. The van der Waals surface area contributed by atoms with Gasteiger partial charge in [-0.1, -0.05) is 140 Å². The highest BCUT2D eigenvalue weighted by Gasteiger charge is 2.40. The van der Waals surface area contributed by atoms with E-state index in [4.69, 9.17) is 4.98 Å². The number of aromatic nitrogens is 2. The summed E-state index contributed by atoms with van der Waals surface area (Å²) in [7, 11) is 0. The number of pyridine rings is 1. The van der Waals surface area contributed by atoms with Crippen molar-refractivity contribution >= 4 is 27.5 Å². The van der Waals surface area contributed by atoms with Gasteiger partial charge in [-0.25, -0.2) is 0 Å². The van der Waals surface area contributed by atoms with E-state index in [-0.39, 0.29) is 23.9 Å². The van der Waals surface area contributed by atoms with Crippen LogP contribution in [0.3, 0.4) is 0 Å². The zero-order chi connectivity index (χ0) is 33.0. The lowest BCUT2D eigenvalue weighted by atomic mass is 9.81. The van der Waals surface area contributed by atoms with E-state index in [0.717, 1.165) is 11.3 Å². The van der Waals surface area contributed by atoms with Crippen LogP contribution < -0.4 is 4.90 Å². The molecule has 0 fully saturated rings. The van der Waals surface area contributed by atoms with Gasteiger partial charge >= 0.3 is 0 Å². The summed E-state index contributed by atoms with van der Waals surface area (Å²) in [5, 5.41) is 2.54. The number of para-hydroxylation sites is 2. The van der Waals surface area contributed by atoms with Gasteiger partial charge in [0.15, 0.2) is 0 Å². The van der Waals surface area contributed by atoms with Gasteiger partial charge in [0.1, 0.15) is 0 Å². The maximum Gasteiger partial charge on any atom is 0.0722 e. The Hall–Kier alpha value is -6.19. The van der Waals surface area contributed by atoms with Gasteiger partial charge in [-0.2, -0.15) is 0 Å². The summed E-state index contributed by atoms with van der Waals surface area (Å²) in [5.74, 6) is 0.413. The molecule has 2 aliphatic carbocycles. The highest BCUT2D eigenvalue weighted by Crippen LogP contribution is 2.47. The summed E-state index contributed by atoms with van der Waals surface area (Å²) in [5.41, 5.74) is 12.2. The normalized spacial score (nSPS) is 20.4. The predicted molar refractivity (Wildman–Crippen MR) is 208 cm³/mol. The van der Waals surface area contributed by atoms with Crippen LogP contribution in [-0.4, -0.2) is 21.6 Å². The molecular weight excluding hydrogens is 607 g/mol. The van der Waals surface area contributed by atoms with E-state index < -0.39 is 0 Å². The van der Waals surface area contributed by atoms with Crippen LogP contribution in [0.2, 0.25) is 0 Å². The fraction of sp³-hybridized carbons (Fsp3) is 0.0851. The second kappa shape index (κ2) is 11.7. The fourth-order valence-corrected chi connectivity index (χ4v) is 8.54. The number of hydrogen-bond donors (Lipinski definition) is 0.